The number of rotatable bonds is 9. The van der Waals surface area contributed by atoms with Crippen molar-refractivity contribution in [1.29, 1.82) is 5.26 Å². The molecular formula is C26H19ClN4O4S. The van der Waals surface area contributed by atoms with Crippen molar-refractivity contribution in [3.8, 4) is 29.0 Å². The minimum absolute atomic E-state index is 0.00744. The maximum atomic E-state index is 12.0. The molecule has 180 valence electrons. The molecule has 0 bridgehead atoms. The number of nitrogens with one attached hydrogen (secondary N) is 1. The molecule has 1 aromatic heterocycles. The molecule has 2 N–H and O–H groups in total. The molecular weight excluding hydrogens is 500 g/mol. The number of aromatic amines is 1. The van der Waals surface area contributed by atoms with E-state index in [1.54, 1.807) is 54.6 Å². The summed E-state index contributed by atoms with van der Waals surface area (Å²) in [7, 11) is 1.53. The second-order valence-corrected chi connectivity index (χ2v) is 8.81. The third-order valence-electron chi connectivity index (χ3n) is 4.98. The molecule has 0 aliphatic rings. The van der Waals surface area contributed by atoms with E-state index in [2.05, 4.69) is 21.3 Å². The first kappa shape index (κ1) is 24.9. The van der Waals surface area contributed by atoms with Gasteiger partial charge in [0.1, 0.15) is 23.0 Å². The number of nitrogens with zero attached hydrogens (tertiary/aromatic N) is 3. The maximum Gasteiger partial charge on any atom is 0.342 e. The van der Waals surface area contributed by atoms with Crippen molar-refractivity contribution in [3.63, 3.8) is 0 Å². The lowest BCUT2D eigenvalue weighted by atomic mass is 10.1. The fraction of sp³-hybridized carbons (Fsp3) is 0.0769. The van der Waals surface area contributed by atoms with E-state index in [1.807, 2.05) is 12.1 Å². The lowest BCUT2D eigenvalue weighted by molar-refractivity contribution is -0.131. The number of thioether (sulfide) groups is 1. The quantitative estimate of drug-likeness (QED) is 0.210. The van der Waals surface area contributed by atoms with Gasteiger partial charge < -0.3 is 14.6 Å². The molecule has 0 aliphatic heterocycles. The average molecular weight is 519 g/mol. The molecule has 1 heterocycles. The summed E-state index contributed by atoms with van der Waals surface area (Å²) in [6.45, 7) is 0.262. The van der Waals surface area contributed by atoms with Crippen molar-refractivity contribution >= 4 is 35.4 Å². The predicted octanol–water partition coefficient (Wildman–Crippen LogP) is 5.80. The number of benzene rings is 3. The Bertz CT molecular complexity index is 1460. The van der Waals surface area contributed by atoms with Crippen molar-refractivity contribution in [1.82, 2.24) is 15.2 Å². The number of hydrogen-bond donors (Lipinski definition) is 2. The highest BCUT2D eigenvalue weighted by molar-refractivity contribution is 8.04. The van der Waals surface area contributed by atoms with Gasteiger partial charge in [-0.15, -0.1) is 5.10 Å². The molecule has 0 radical (unpaired) electrons. The van der Waals surface area contributed by atoms with Gasteiger partial charge in [0, 0.05) is 10.6 Å². The lowest BCUT2D eigenvalue weighted by Crippen LogP contribution is -2.00. The lowest BCUT2D eigenvalue weighted by Gasteiger charge is -2.10. The first-order chi connectivity index (χ1) is 17.5. The summed E-state index contributed by atoms with van der Waals surface area (Å²) in [5.41, 5.74) is 2.63. The highest BCUT2D eigenvalue weighted by Gasteiger charge is 2.17. The van der Waals surface area contributed by atoms with Gasteiger partial charge >= 0.3 is 5.97 Å². The van der Waals surface area contributed by atoms with Gasteiger partial charge in [-0.1, -0.05) is 41.9 Å². The summed E-state index contributed by atoms with van der Waals surface area (Å²) in [4.78, 5) is 16.4. The van der Waals surface area contributed by atoms with Gasteiger partial charge in [-0.2, -0.15) is 5.26 Å². The van der Waals surface area contributed by atoms with Gasteiger partial charge in [0.25, 0.3) is 0 Å². The van der Waals surface area contributed by atoms with Crippen molar-refractivity contribution in [2.45, 2.75) is 11.8 Å². The zero-order valence-corrected chi connectivity index (χ0v) is 20.5. The molecule has 0 spiro atoms. The molecule has 0 unspecified atom stereocenters. The average Bonchev–Trinajstić information content (AvgIpc) is 3.36. The Morgan fingerprint density at radius 3 is 2.67 bits per heavy atom. The van der Waals surface area contributed by atoms with Gasteiger partial charge in [0.05, 0.1) is 24.3 Å². The molecule has 10 heteroatoms. The van der Waals surface area contributed by atoms with E-state index in [-0.39, 0.29) is 16.7 Å². The van der Waals surface area contributed by atoms with Crippen molar-refractivity contribution in [2.75, 3.05) is 7.11 Å². The molecule has 3 aromatic carbocycles. The molecule has 0 saturated heterocycles. The molecule has 0 aliphatic carbocycles. The molecule has 8 nitrogen and oxygen atoms in total. The van der Waals surface area contributed by atoms with Gasteiger partial charge in [-0.25, -0.2) is 9.78 Å². The third-order valence-corrected chi connectivity index (χ3v) is 6.09. The largest absolute Gasteiger partial charge is 0.496 e. The van der Waals surface area contributed by atoms with Crippen LogP contribution in [-0.4, -0.2) is 33.4 Å². The van der Waals surface area contributed by atoms with Crippen LogP contribution in [0.15, 0.2) is 76.8 Å². The number of para-hydroxylation sites is 1. The number of nitriles is 1. The van der Waals surface area contributed by atoms with Crippen molar-refractivity contribution in [3.05, 3.63) is 93.3 Å². The number of hydrogen-bond acceptors (Lipinski definition) is 7. The Morgan fingerprint density at radius 1 is 1.17 bits per heavy atom. The molecule has 0 saturated carbocycles. The number of halogens is 1. The summed E-state index contributed by atoms with van der Waals surface area (Å²) >= 11 is 7.01. The number of carbonyl (C=O) groups is 1. The minimum Gasteiger partial charge on any atom is -0.496 e. The van der Waals surface area contributed by atoms with E-state index in [0.717, 1.165) is 17.3 Å². The number of ether oxygens (including phenoxy) is 2. The number of H-pyrrole nitrogens is 1. The van der Waals surface area contributed by atoms with E-state index in [0.29, 0.717) is 39.0 Å². The van der Waals surface area contributed by atoms with Gasteiger partial charge in [0.2, 0.25) is 5.16 Å². The number of carboxylic acids is 1. The van der Waals surface area contributed by atoms with Crippen LogP contribution in [0.2, 0.25) is 5.02 Å². The molecule has 0 atom stereocenters. The van der Waals surface area contributed by atoms with Crippen LogP contribution in [0.4, 0.5) is 0 Å². The second-order valence-electron chi connectivity index (χ2n) is 7.36. The zero-order chi connectivity index (χ0) is 25.5. The molecule has 36 heavy (non-hydrogen) atoms. The van der Waals surface area contributed by atoms with Gasteiger partial charge in [-0.05, 0) is 59.8 Å². The summed E-state index contributed by atoms with van der Waals surface area (Å²) < 4.78 is 11.3. The zero-order valence-electron chi connectivity index (χ0n) is 18.9. The smallest absolute Gasteiger partial charge is 0.342 e. The van der Waals surface area contributed by atoms with Crippen LogP contribution in [0, 0.1) is 11.3 Å². The van der Waals surface area contributed by atoms with E-state index < -0.39 is 5.97 Å². The van der Waals surface area contributed by atoms with Crippen LogP contribution in [0.5, 0.6) is 11.5 Å². The predicted molar refractivity (Wildman–Crippen MR) is 137 cm³/mol. The summed E-state index contributed by atoms with van der Waals surface area (Å²) in [5.74, 6) is 0.330. The first-order valence-corrected chi connectivity index (χ1v) is 11.8. The van der Waals surface area contributed by atoms with Crippen LogP contribution >= 0.6 is 23.4 Å². The summed E-state index contributed by atoms with van der Waals surface area (Å²) in [6, 6.07) is 21.3. The van der Waals surface area contributed by atoms with E-state index in [9.17, 15) is 9.90 Å². The minimum atomic E-state index is -1.13. The van der Waals surface area contributed by atoms with Gasteiger partial charge in [-0.3, -0.25) is 5.10 Å². The monoisotopic (exact) mass is 518 g/mol. The number of aliphatic carboxylic acids is 1. The highest BCUT2D eigenvalue weighted by Crippen LogP contribution is 2.33. The SMILES string of the molecule is COc1ccc(Cl)cc1-c1nc(S/C(=C\c2ccccc2OCc2ccc(C#N)cc2)C(=O)O)n[nH]1. The number of aromatic nitrogens is 3. The molecule has 4 rings (SSSR count). The highest BCUT2D eigenvalue weighted by atomic mass is 35.5. The fourth-order valence-corrected chi connectivity index (χ4v) is 4.09. The number of carboxylic acid groups (broad SMARTS) is 1. The third kappa shape index (κ3) is 6.05. The van der Waals surface area contributed by atoms with Crippen molar-refractivity contribution < 1.29 is 19.4 Å². The van der Waals surface area contributed by atoms with E-state index >= 15 is 0 Å². The van der Waals surface area contributed by atoms with Crippen molar-refractivity contribution in [2.24, 2.45) is 0 Å². The Balaban J connectivity index is 1.55. The first-order valence-electron chi connectivity index (χ1n) is 10.6. The van der Waals surface area contributed by atoms with Crippen LogP contribution in [0.3, 0.4) is 0 Å². The standard InChI is InChI=1S/C26H19ClN4O4S/c1-34-22-11-10-19(27)13-20(22)24-29-26(31-30-24)36-23(25(32)33)12-18-4-2-3-5-21(18)35-15-17-8-6-16(14-28)7-9-17/h2-13H,15H2,1H3,(H,32,33)(H,29,30,31)/b23-12-. The second kappa shape index (κ2) is 11.4. The van der Waals surface area contributed by atoms with Crippen LogP contribution in [0.25, 0.3) is 17.5 Å². The summed E-state index contributed by atoms with van der Waals surface area (Å²) in [5, 5.41) is 26.4. The Hall–Kier alpha value is -4.26. The Kier molecular flexibility index (Phi) is 7.90. The Labute approximate surface area is 216 Å². The van der Waals surface area contributed by atoms with Gasteiger partial charge in [0.15, 0.2) is 5.82 Å². The topological polar surface area (TPSA) is 121 Å². The summed E-state index contributed by atoms with van der Waals surface area (Å²) in [6.07, 6.45) is 1.51. The van der Waals surface area contributed by atoms with E-state index in [1.165, 1.54) is 13.2 Å². The fourth-order valence-electron chi connectivity index (χ4n) is 3.22. The molecule has 0 fully saturated rings. The van der Waals surface area contributed by atoms with E-state index in [4.69, 9.17) is 26.3 Å². The number of methoxy groups -OCH3 is 1. The molecule has 4 aromatic rings. The van der Waals surface area contributed by atoms with Crippen LogP contribution in [-0.2, 0) is 11.4 Å². The van der Waals surface area contributed by atoms with Crippen LogP contribution in [0.1, 0.15) is 16.7 Å². The molecule has 0 amide bonds. The van der Waals surface area contributed by atoms with Crippen LogP contribution < -0.4 is 9.47 Å². The normalized spacial score (nSPS) is 11.1. The maximum absolute atomic E-state index is 12.0. The Morgan fingerprint density at radius 2 is 1.94 bits per heavy atom.